The number of non-ortho nitro benzene ring substituents is 1. The van der Waals surface area contributed by atoms with Gasteiger partial charge in [-0.3, -0.25) is 15.1 Å². The molecule has 7 nitrogen and oxygen atoms in total. The molecule has 1 aliphatic heterocycles. The average Bonchev–Trinajstić information content (AvgIpc) is 2.64. The Morgan fingerprint density at radius 2 is 1.88 bits per heavy atom. The predicted octanol–water partition coefficient (Wildman–Crippen LogP) is 3.16. The average molecular weight is 378 g/mol. The molecule has 2 aromatic rings. The highest BCUT2D eigenvalue weighted by atomic mass is 35.5. The van der Waals surface area contributed by atoms with E-state index >= 15 is 0 Å². The summed E-state index contributed by atoms with van der Waals surface area (Å²) in [6.07, 6.45) is 3.55. The molecule has 0 amide bonds. The first-order chi connectivity index (χ1) is 12.0. The molecule has 1 aliphatic rings. The Labute approximate surface area is 155 Å². The number of nitrogens with zero attached hydrogens (tertiary/aromatic N) is 4. The van der Waals surface area contributed by atoms with E-state index in [1.54, 1.807) is 12.4 Å². The van der Waals surface area contributed by atoms with Crippen LogP contribution >= 0.6 is 23.8 Å². The van der Waals surface area contributed by atoms with Crippen LogP contribution < -0.4 is 10.2 Å². The van der Waals surface area contributed by atoms with Gasteiger partial charge < -0.3 is 15.1 Å². The van der Waals surface area contributed by atoms with E-state index in [2.05, 4.69) is 15.2 Å². The van der Waals surface area contributed by atoms with Crippen molar-refractivity contribution >= 4 is 46.0 Å². The van der Waals surface area contributed by atoms with Crippen molar-refractivity contribution in [2.45, 2.75) is 0 Å². The van der Waals surface area contributed by atoms with Crippen LogP contribution in [0.1, 0.15) is 0 Å². The Balaban J connectivity index is 1.62. The second kappa shape index (κ2) is 7.62. The molecule has 1 aromatic carbocycles. The first kappa shape index (κ1) is 17.4. The van der Waals surface area contributed by atoms with Gasteiger partial charge in [0, 0.05) is 56.4 Å². The van der Waals surface area contributed by atoms with Crippen LogP contribution in [-0.4, -0.2) is 46.1 Å². The molecule has 1 aromatic heterocycles. The van der Waals surface area contributed by atoms with Gasteiger partial charge in [0.25, 0.3) is 5.69 Å². The number of pyridine rings is 1. The van der Waals surface area contributed by atoms with Crippen molar-refractivity contribution in [3.8, 4) is 0 Å². The van der Waals surface area contributed by atoms with Gasteiger partial charge in [-0.2, -0.15) is 0 Å². The number of nitro groups is 1. The topological polar surface area (TPSA) is 74.5 Å². The minimum Gasteiger partial charge on any atom is -0.368 e. The van der Waals surface area contributed by atoms with E-state index < -0.39 is 4.92 Å². The number of aromatic nitrogens is 1. The van der Waals surface area contributed by atoms with E-state index in [1.165, 1.54) is 18.2 Å². The number of rotatable bonds is 3. The maximum Gasteiger partial charge on any atom is 0.271 e. The highest BCUT2D eigenvalue weighted by Crippen LogP contribution is 2.27. The predicted molar refractivity (Wildman–Crippen MR) is 102 cm³/mol. The third-order valence-corrected chi connectivity index (χ3v) is 4.69. The van der Waals surface area contributed by atoms with E-state index in [4.69, 9.17) is 23.8 Å². The standard InChI is InChI=1S/C16H16ClN5O2S/c17-14-2-1-13(22(23)24)11-15(14)19-16(25)21-9-7-20(8-10-21)12-3-5-18-6-4-12/h1-6,11H,7-10H2,(H,19,25). The molecule has 1 saturated heterocycles. The monoisotopic (exact) mass is 377 g/mol. The molecule has 130 valence electrons. The van der Waals surface area contributed by atoms with Crippen LogP contribution in [0.25, 0.3) is 0 Å². The molecule has 2 heterocycles. The molecular weight excluding hydrogens is 362 g/mol. The van der Waals surface area contributed by atoms with Gasteiger partial charge in [0.1, 0.15) is 0 Å². The molecule has 0 aliphatic carbocycles. The SMILES string of the molecule is O=[N+]([O-])c1ccc(Cl)c(NC(=S)N2CCN(c3ccncc3)CC2)c1. The van der Waals surface area contributed by atoms with E-state index in [-0.39, 0.29) is 5.69 Å². The number of hydrogen-bond acceptors (Lipinski definition) is 5. The second-order valence-corrected chi connectivity index (χ2v) is 6.32. The molecule has 25 heavy (non-hydrogen) atoms. The Kier molecular flexibility index (Phi) is 5.30. The van der Waals surface area contributed by atoms with Gasteiger partial charge in [-0.15, -0.1) is 0 Å². The van der Waals surface area contributed by atoms with Crippen LogP contribution in [0.2, 0.25) is 5.02 Å². The normalized spacial score (nSPS) is 14.3. The number of thiocarbonyl (C=S) groups is 1. The molecule has 0 saturated carbocycles. The maximum absolute atomic E-state index is 10.9. The molecule has 0 unspecified atom stereocenters. The lowest BCUT2D eigenvalue weighted by Gasteiger charge is -2.37. The molecule has 0 spiro atoms. The molecule has 1 N–H and O–H groups in total. The molecule has 9 heteroatoms. The lowest BCUT2D eigenvalue weighted by atomic mass is 10.2. The van der Waals surface area contributed by atoms with Crippen molar-refractivity contribution in [3.05, 3.63) is 57.9 Å². The van der Waals surface area contributed by atoms with Crippen LogP contribution in [0.15, 0.2) is 42.7 Å². The van der Waals surface area contributed by atoms with Crippen LogP contribution in [0.3, 0.4) is 0 Å². The summed E-state index contributed by atoms with van der Waals surface area (Å²) in [6, 6.07) is 8.21. The molecule has 1 fully saturated rings. The van der Waals surface area contributed by atoms with Gasteiger partial charge in [-0.25, -0.2) is 0 Å². The van der Waals surface area contributed by atoms with Gasteiger partial charge in [0.05, 0.1) is 15.6 Å². The minimum absolute atomic E-state index is 0.0304. The lowest BCUT2D eigenvalue weighted by molar-refractivity contribution is -0.384. The van der Waals surface area contributed by atoms with Crippen molar-refractivity contribution in [1.29, 1.82) is 0 Å². The van der Waals surface area contributed by atoms with E-state index in [0.29, 0.717) is 15.8 Å². The highest BCUT2D eigenvalue weighted by Gasteiger charge is 2.20. The van der Waals surface area contributed by atoms with Gasteiger partial charge >= 0.3 is 0 Å². The first-order valence-corrected chi connectivity index (χ1v) is 8.48. The zero-order chi connectivity index (χ0) is 17.8. The van der Waals surface area contributed by atoms with Crippen molar-refractivity contribution in [2.75, 3.05) is 36.4 Å². The molecule has 0 atom stereocenters. The van der Waals surface area contributed by atoms with Crippen molar-refractivity contribution < 1.29 is 4.92 Å². The Bertz CT molecular complexity index is 781. The summed E-state index contributed by atoms with van der Waals surface area (Å²) in [6.45, 7) is 3.16. The van der Waals surface area contributed by atoms with E-state index in [1.807, 2.05) is 17.0 Å². The summed E-state index contributed by atoms with van der Waals surface area (Å²) in [5, 5.41) is 14.8. The van der Waals surface area contributed by atoms with Crippen LogP contribution in [0.5, 0.6) is 0 Å². The van der Waals surface area contributed by atoms with Gasteiger partial charge in [-0.05, 0) is 30.4 Å². The number of halogens is 1. The third kappa shape index (κ3) is 4.15. The zero-order valence-electron chi connectivity index (χ0n) is 13.3. The van der Waals surface area contributed by atoms with Gasteiger partial charge in [-0.1, -0.05) is 11.6 Å². The van der Waals surface area contributed by atoms with Crippen LogP contribution in [-0.2, 0) is 0 Å². The minimum atomic E-state index is -0.460. The van der Waals surface area contributed by atoms with E-state index in [0.717, 1.165) is 31.9 Å². The van der Waals surface area contributed by atoms with Crippen molar-refractivity contribution in [1.82, 2.24) is 9.88 Å². The zero-order valence-corrected chi connectivity index (χ0v) is 14.8. The quantitative estimate of drug-likeness (QED) is 0.500. The summed E-state index contributed by atoms with van der Waals surface area (Å²) in [7, 11) is 0. The van der Waals surface area contributed by atoms with Crippen LogP contribution in [0, 0.1) is 10.1 Å². The number of anilines is 2. The summed E-state index contributed by atoms with van der Waals surface area (Å²) >= 11 is 11.5. The second-order valence-electron chi connectivity index (χ2n) is 5.53. The number of hydrogen-bond donors (Lipinski definition) is 1. The number of nitrogens with one attached hydrogen (secondary N) is 1. The van der Waals surface area contributed by atoms with Crippen LogP contribution in [0.4, 0.5) is 17.1 Å². The smallest absolute Gasteiger partial charge is 0.271 e. The molecule has 3 rings (SSSR count). The Hall–Kier alpha value is -2.45. The Morgan fingerprint density at radius 3 is 2.52 bits per heavy atom. The Morgan fingerprint density at radius 1 is 1.20 bits per heavy atom. The number of piperazine rings is 1. The van der Waals surface area contributed by atoms with Gasteiger partial charge in [0.15, 0.2) is 5.11 Å². The fourth-order valence-corrected chi connectivity index (χ4v) is 3.10. The van der Waals surface area contributed by atoms with Gasteiger partial charge in [0.2, 0.25) is 0 Å². The first-order valence-electron chi connectivity index (χ1n) is 7.69. The summed E-state index contributed by atoms with van der Waals surface area (Å²) in [5.74, 6) is 0. The summed E-state index contributed by atoms with van der Waals surface area (Å²) < 4.78 is 0. The number of nitro benzene ring substituents is 1. The highest BCUT2D eigenvalue weighted by molar-refractivity contribution is 7.80. The molecular formula is C16H16ClN5O2S. The fraction of sp³-hybridized carbons (Fsp3) is 0.250. The molecule has 0 radical (unpaired) electrons. The largest absolute Gasteiger partial charge is 0.368 e. The van der Waals surface area contributed by atoms with Crippen molar-refractivity contribution in [3.63, 3.8) is 0 Å². The summed E-state index contributed by atoms with van der Waals surface area (Å²) in [4.78, 5) is 18.8. The summed E-state index contributed by atoms with van der Waals surface area (Å²) in [5.41, 5.74) is 1.55. The van der Waals surface area contributed by atoms with E-state index in [9.17, 15) is 10.1 Å². The molecule has 0 bridgehead atoms. The van der Waals surface area contributed by atoms with Crippen molar-refractivity contribution in [2.24, 2.45) is 0 Å². The lowest BCUT2D eigenvalue weighted by Crippen LogP contribution is -2.50. The maximum atomic E-state index is 10.9. The third-order valence-electron chi connectivity index (χ3n) is 4.00. The number of benzene rings is 1. The fourth-order valence-electron chi connectivity index (χ4n) is 2.64.